The summed E-state index contributed by atoms with van der Waals surface area (Å²) in [5, 5.41) is 18.1. The van der Waals surface area contributed by atoms with Crippen LogP contribution >= 0.6 is 0 Å². The van der Waals surface area contributed by atoms with Crippen LogP contribution in [0.4, 0.5) is 4.39 Å². The minimum absolute atomic E-state index is 0.135. The van der Waals surface area contributed by atoms with Gasteiger partial charge in [0.2, 0.25) is 0 Å². The van der Waals surface area contributed by atoms with Crippen molar-refractivity contribution in [2.45, 2.75) is 57.5 Å². The molecule has 0 radical (unpaired) electrons. The summed E-state index contributed by atoms with van der Waals surface area (Å²) in [6.45, 7) is 0.665. The lowest BCUT2D eigenvalue weighted by molar-refractivity contribution is -0.185. The third-order valence-corrected chi connectivity index (χ3v) is 3.00. The zero-order valence-electron chi connectivity index (χ0n) is 11.4. The van der Waals surface area contributed by atoms with Crippen LogP contribution in [0.1, 0.15) is 51.9 Å². The van der Waals surface area contributed by atoms with Gasteiger partial charge >= 0.3 is 11.9 Å². The average molecular weight is 278 g/mol. The largest absolute Gasteiger partial charge is 0.479 e. The Balaban J connectivity index is 4.33. The molecule has 112 valence electrons. The molecular formula is C13H23FO5. The summed E-state index contributed by atoms with van der Waals surface area (Å²) in [5.74, 6) is -3.14. The van der Waals surface area contributed by atoms with Gasteiger partial charge in [-0.15, -0.1) is 0 Å². The lowest BCUT2D eigenvalue weighted by Gasteiger charge is -2.24. The fraction of sp³-hybridized carbons (Fsp3) is 0.846. The summed E-state index contributed by atoms with van der Waals surface area (Å²) in [7, 11) is 0. The lowest BCUT2D eigenvalue weighted by Crippen LogP contribution is -2.49. The Morgan fingerprint density at radius 1 is 1.05 bits per heavy atom. The highest BCUT2D eigenvalue weighted by atomic mass is 19.1. The number of aliphatic carboxylic acids is 2. The first-order chi connectivity index (χ1) is 9.01. The minimum atomic E-state index is -2.31. The first-order valence-electron chi connectivity index (χ1n) is 6.68. The average Bonchev–Trinajstić information content (AvgIpc) is 2.36. The van der Waals surface area contributed by atoms with Crippen LogP contribution in [0.2, 0.25) is 0 Å². The van der Waals surface area contributed by atoms with E-state index in [1.54, 1.807) is 0 Å². The third kappa shape index (κ3) is 6.00. The number of ether oxygens (including phenoxy) is 1. The Labute approximate surface area is 112 Å². The van der Waals surface area contributed by atoms with Crippen LogP contribution in [-0.2, 0) is 14.3 Å². The minimum Gasteiger partial charge on any atom is -0.479 e. The Morgan fingerprint density at radius 3 is 2.05 bits per heavy atom. The molecule has 0 saturated heterocycles. The normalized spacial score (nSPS) is 11.5. The number of rotatable bonds is 12. The number of hydrogen-bond acceptors (Lipinski definition) is 3. The maximum Gasteiger partial charge on any atom is 0.347 e. The highest BCUT2D eigenvalue weighted by Crippen LogP contribution is 2.22. The quantitative estimate of drug-likeness (QED) is 0.423. The molecule has 0 aromatic heterocycles. The molecular weight excluding hydrogens is 255 g/mol. The highest BCUT2D eigenvalue weighted by molar-refractivity contribution is 6.01. The molecule has 0 aromatic rings. The molecule has 0 aromatic carbocycles. The van der Waals surface area contributed by atoms with Gasteiger partial charge in [0.15, 0.2) is 0 Å². The van der Waals surface area contributed by atoms with Crippen molar-refractivity contribution in [1.82, 2.24) is 0 Å². The molecule has 0 rings (SSSR count). The van der Waals surface area contributed by atoms with E-state index in [-0.39, 0.29) is 6.42 Å². The van der Waals surface area contributed by atoms with Crippen LogP contribution in [0, 0.1) is 0 Å². The molecule has 2 N–H and O–H groups in total. The Bertz CT molecular complexity index is 266. The molecule has 0 amide bonds. The summed E-state index contributed by atoms with van der Waals surface area (Å²) in [4.78, 5) is 22.2. The smallest absolute Gasteiger partial charge is 0.347 e. The molecule has 0 aliphatic heterocycles. The van der Waals surface area contributed by atoms with Crippen molar-refractivity contribution in [3.63, 3.8) is 0 Å². The van der Waals surface area contributed by atoms with Crippen LogP contribution in [0.15, 0.2) is 0 Å². The van der Waals surface area contributed by atoms with E-state index < -0.39 is 30.8 Å². The second kappa shape index (κ2) is 9.72. The van der Waals surface area contributed by atoms with E-state index in [1.165, 1.54) is 0 Å². The van der Waals surface area contributed by atoms with Crippen molar-refractivity contribution in [3.05, 3.63) is 0 Å². The van der Waals surface area contributed by atoms with Gasteiger partial charge in [-0.05, 0) is 12.8 Å². The third-order valence-electron chi connectivity index (χ3n) is 3.00. The molecule has 0 heterocycles. The van der Waals surface area contributed by atoms with Gasteiger partial charge in [-0.3, -0.25) is 0 Å². The standard InChI is InChI=1S/C13H23FO5/c1-2-3-4-5-6-7-8-13(11(15)16,12(17)18)19-10-9-14/h2-10H2,1H3,(H,15,16)(H,17,18). The van der Waals surface area contributed by atoms with Gasteiger partial charge in [0.1, 0.15) is 6.67 Å². The number of unbranched alkanes of at least 4 members (excludes halogenated alkanes) is 5. The van der Waals surface area contributed by atoms with Crippen molar-refractivity contribution < 1.29 is 28.9 Å². The van der Waals surface area contributed by atoms with E-state index in [1.807, 2.05) is 0 Å². The molecule has 0 aliphatic carbocycles. The van der Waals surface area contributed by atoms with E-state index in [2.05, 4.69) is 6.92 Å². The van der Waals surface area contributed by atoms with Crippen molar-refractivity contribution >= 4 is 11.9 Å². The highest BCUT2D eigenvalue weighted by Gasteiger charge is 2.47. The molecule has 5 nitrogen and oxygen atoms in total. The molecule has 0 saturated carbocycles. The molecule has 0 fully saturated rings. The van der Waals surface area contributed by atoms with Crippen molar-refractivity contribution in [2.75, 3.05) is 13.3 Å². The van der Waals surface area contributed by atoms with E-state index >= 15 is 0 Å². The fourth-order valence-electron chi connectivity index (χ4n) is 1.87. The topological polar surface area (TPSA) is 83.8 Å². The van der Waals surface area contributed by atoms with Crippen LogP contribution in [0.25, 0.3) is 0 Å². The number of carbonyl (C=O) groups is 2. The van der Waals surface area contributed by atoms with Gasteiger partial charge in [0.25, 0.3) is 5.60 Å². The van der Waals surface area contributed by atoms with Crippen LogP contribution in [-0.4, -0.2) is 41.0 Å². The fourth-order valence-corrected chi connectivity index (χ4v) is 1.87. The number of carboxylic acids is 2. The first kappa shape index (κ1) is 17.8. The zero-order chi connectivity index (χ0) is 14.7. The second-order valence-electron chi connectivity index (χ2n) is 4.49. The van der Waals surface area contributed by atoms with Crippen molar-refractivity contribution in [2.24, 2.45) is 0 Å². The second-order valence-corrected chi connectivity index (χ2v) is 4.49. The maximum atomic E-state index is 12.1. The predicted octanol–water partition coefficient (Wildman–Crippen LogP) is 2.63. The van der Waals surface area contributed by atoms with Crippen LogP contribution in [0.5, 0.6) is 0 Å². The first-order valence-corrected chi connectivity index (χ1v) is 6.68. The summed E-state index contributed by atoms with van der Waals surface area (Å²) in [6, 6.07) is 0. The van der Waals surface area contributed by atoms with Gasteiger partial charge in [-0.1, -0.05) is 39.0 Å². The maximum absolute atomic E-state index is 12.1. The molecule has 0 aliphatic rings. The van der Waals surface area contributed by atoms with E-state index in [0.29, 0.717) is 6.42 Å². The monoisotopic (exact) mass is 278 g/mol. The number of halogens is 1. The summed E-state index contributed by atoms with van der Waals surface area (Å²) in [5.41, 5.74) is -2.31. The Kier molecular flexibility index (Phi) is 9.12. The number of hydrogen-bond donors (Lipinski definition) is 2. The summed E-state index contributed by atoms with van der Waals surface area (Å²) < 4.78 is 16.8. The predicted molar refractivity (Wildman–Crippen MR) is 67.9 cm³/mol. The van der Waals surface area contributed by atoms with E-state index in [4.69, 9.17) is 14.9 Å². The van der Waals surface area contributed by atoms with E-state index in [9.17, 15) is 14.0 Å². The van der Waals surface area contributed by atoms with Crippen molar-refractivity contribution in [1.29, 1.82) is 0 Å². The lowest BCUT2D eigenvalue weighted by atomic mass is 9.95. The van der Waals surface area contributed by atoms with Crippen LogP contribution < -0.4 is 0 Å². The molecule has 6 heteroatoms. The molecule has 0 bridgehead atoms. The molecule has 0 atom stereocenters. The van der Waals surface area contributed by atoms with Gasteiger partial charge in [0.05, 0.1) is 6.61 Å². The Hall–Kier alpha value is -1.17. The zero-order valence-corrected chi connectivity index (χ0v) is 11.4. The van der Waals surface area contributed by atoms with Crippen LogP contribution in [0.3, 0.4) is 0 Å². The van der Waals surface area contributed by atoms with Crippen molar-refractivity contribution in [3.8, 4) is 0 Å². The molecule has 0 spiro atoms. The summed E-state index contributed by atoms with van der Waals surface area (Å²) in [6.07, 6.45) is 5.26. The number of carboxylic acid groups (broad SMARTS) is 2. The molecule has 0 unspecified atom stereocenters. The van der Waals surface area contributed by atoms with E-state index in [0.717, 1.165) is 32.1 Å². The van der Waals surface area contributed by atoms with Gasteiger partial charge in [0, 0.05) is 0 Å². The van der Waals surface area contributed by atoms with Gasteiger partial charge < -0.3 is 14.9 Å². The SMILES string of the molecule is CCCCCCCCC(OCCF)(C(=O)O)C(=O)O. The number of alkyl halides is 1. The molecule has 19 heavy (non-hydrogen) atoms. The van der Waals surface area contributed by atoms with Gasteiger partial charge in [-0.25, -0.2) is 14.0 Å². The Morgan fingerprint density at radius 2 is 1.58 bits per heavy atom. The van der Waals surface area contributed by atoms with Gasteiger partial charge in [-0.2, -0.15) is 0 Å². The summed E-state index contributed by atoms with van der Waals surface area (Å²) >= 11 is 0.